The first-order chi connectivity index (χ1) is 7.34. The average Bonchev–Trinajstić information content (AvgIpc) is 2.92. The summed E-state index contributed by atoms with van der Waals surface area (Å²) in [5, 5.41) is 10.3. The van der Waals surface area contributed by atoms with Crippen molar-refractivity contribution in [2.45, 2.75) is 25.3 Å². The third-order valence-corrected chi connectivity index (χ3v) is 3.18. The van der Waals surface area contributed by atoms with Crippen LogP contribution in [0.4, 0.5) is 0 Å². The molecule has 0 saturated heterocycles. The lowest BCUT2D eigenvalue weighted by atomic mass is 10.2. The van der Waals surface area contributed by atoms with Crippen LogP contribution in [0.3, 0.4) is 0 Å². The van der Waals surface area contributed by atoms with E-state index in [9.17, 15) is 4.79 Å². The zero-order valence-corrected chi connectivity index (χ0v) is 9.48. The number of hydrogen-bond acceptors (Lipinski definition) is 3. The van der Waals surface area contributed by atoms with Crippen LogP contribution in [0.5, 0.6) is 0 Å². The molecule has 0 unspecified atom stereocenters. The van der Waals surface area contributed by atoms with Crippen molar-refractivity contribution in [2.24, 2.45) is 0 Å². The van der Waals surface area contributed by atoms with Crippen LogP contribution in [0.2, 0.25) is 0 Å². The van der Waals surface area contributed by atoms with Crippen molar-refractivity contribution in [3.05, 3.63) is 22.4 Å². The molecule has 1 aromatic rings. The van der Waals surface area contributed by atoms with Gasteiger partial charge in [0.25, 0.3) is 0 Å². The minimum atomic E-state index is 0.108. The Bertz CT molecular complexity index is 306. The van der Waals surface area contributed by atoms with E-state index in [0.717, 1.165) is 13.0 Å². The van der Waals surface area contributed by atoms with Gasteiger partial charge in [0.15, 0.2) is 0 Å². The van der Waals surface area contributed by atoms with Gasteiger partial charge in [0.2, 0.25) is 5.91 Å². The third kappa shape index (κ3) is 4.01. The molecule has 2 N–H and O–H groups in total. The van der Waals surface area contributed by atoms with Gasteiger partial charge in [-0.3, -0.25) is 4.79 Å². The maximum Gasteiger partial charge on any atom is 0.233 e. The lowest BCUT2D eigenvalue weighted by molar-refractivity contribution is -0.120. The Morgan fingerprint density at radius 3 is 3.07 bits per heavy atom. The molecular formula is C11H16N2OS. The van der Waals surface area contributed by atoms with Gasteiger partial charge in [-0.25, -0.2) is 0 Å². The van der Waals surface area contributed by atoms with Crippen LogP contribution >= 0.6 is 11.3 Å². The number of carbonyl (C=O) groups excluding carboxylic acids is 1. The molecule has 1 fully saturated rings. The fourth-order valence-corrected chi connectivity index (χ4v) is 2.07. The maximum absolute atomic E-state index is 11.3. The second-order valence-electron chi connectivity index (χ2n) is 3.89. The average molecular weight is 224 g/mol. The van der Waals surface area contributed by atoms with Crippen LogP contribution in [-0.2, 0) is 11.2 Å². The van der Waals surface area contributed by atoms with E-state index in [0.29, 0.717) is 12.6 Å². The molecule has 0 aromatic carbocycles. The van der Waals surface area contributed by atoms with Gasteiger partial charge in [-0.05, 0) is 41.7 Å². The van der Waals surface area contributed by atoms with Gasteiger partial charge >= 0.3 is 0 Å². The molecule has 3 nitrogen and oxygen atoms in total. The van der Waals surface area contributed by atoms with Crippen molar-refractivity contribution in [1.29, 1.82) is 0 Å². The second kappa shape index (κ2) is 5.28. The summed E-state index contributed by atoms with van der Waals surface area (Å²) in [6.45, 7) is 1.20. The SMILES string of the molecule is O=C(CNC1CC1)NCCc1ccsc1. The molecule has 0 atom stereocenters. The third-order valence-electron chi connectivity index (χ3n) is 2.44. The molecule has 1 saturated carbocycles. The molecule has 0 bridgehead atoms. The van der Waals surface area contributed by atoms with Crippen LogP contribution in [0, 0.1) is 0 Å². The van der Waals surface area contributed by atoms with E-state index in [2.05, 4.69) is 27.5 Å². The summed E-state index contributed by atoms with van der Waals surface area (Å²) in [7, 11) is 0. The van der Waals surface area contributed by atoms with Gasteiger partial charge in [0.05, 0.1) is 6.54 Å². The maximum atomic E-state index is 11.3. The second-order valence-corrected chi connectivity index (χ2v) is 4.67. The van der Waals surface area contributed by atoms with E-state index in [1.807, 2.05) is 0 Å². The van der Waals surface area contributed by atoms with Crippen LogP contribution in [0.15, 0.2) is 16.8 Å². The van der Waals surface area contributed by atoms with E-state index in [4.69, 9.17) is 0 Å². The van der Waals surface area contributed by atoms with Crippen molar-refractivity contribution in [1.82, 2.24) is 10.6 Å². The summed E-state index contributed by atoms with van der Waals surface area (Å²) in [4.78, 5) is 11.3. The summed E-state index contributed by atoms with van der Waals surface area (Å²) in [6.07, 6.45) is 3.38. The number of hydrogen-bond donors (Lipinski definition) is 2. The summed E-state index contributed by atoms with van der Waals surface area (Å²) in [5.74, 6) is 0.108. The van der Waals surface area contributed by atoms with Gasteiger partial charge in [0, 0.05) is 12.6 Å². The number of rotatable bonds is 6. The van der Waals surface area contributed by atoms with Crippen LogP contribution < -0.4 is 10.6 Å². The number of carbonyl (C=O) groups is 1. The molecule has 1 heterocycles. The minimum Gasteiger partial charge on any atom is -0.355 e. The highest BCUT2D eigenvalue weighted by molar-refractivity contribution is 7.07. The number of thiophene rings is 1. The molecule has 0 spiro atoms. The fraction of sp³-hybridized carbons (Fsp3) is 0.545. The summed E-state index contributed by atoms with van der Waals surface area (Å²) < 4.78 is 0. The first kappa shape index (κ1) is 10.6. The van der Waals surface area contributed by atoms with E-state index >= 15 is 0 Å². The Labute approximate surface area is 93.9 Å². The highest BCUT2D eigenvalue weighted by Gasteiger charge is 2.20. The Morgan fingerprint density at radius 1 is 1.53 bits per heavy atom. The predicted octanol–water partition coefficient (Wildman–Crippen LogP) is 1.16. The predicted molar refractivity (Wildman–Crippen MR) is 62.1 cm³/mol. The molecule has 4 heteroatoms. The molecule has 1 aliphatic carbocycles. The monoisotopic (exact) mass is 224 g/mol. The zero-order valence-electron chi connectivity index (χ0n) is 8.66. The number of nitrogens with one attached hydrogen (secondary N) is 2. The normalized spacial score (nSPS) is 15.2. The fourth-order valence-electron chi connectivity index (χ4n) is 1.37. The lowest BCUT2D eigenvalue weighted by Crippen LogP contribution is -2.35. The molecule has 15 heavy (non-hydrogen) atoms. The van der Waals surface area contributed by atoms with Crippen LogP contribution in [0.25, 0.3) is 0 Å². The van der Waals surface area contributed by atoms with Gasteiger partial charge in [-0.1, -0.05) is 0 Å². The van der Waals surface area contributed by atoms with E-state index in [1.54, 1.807) is 11.3 Å². The van der Waals surface area contributed by atoms with Gasteiger partial charge < -0.3 is 10.6 Å². The highest BCUT2D eigenvalue weighted by atomic mass is 32.1. The molecule has 1 aromatic heterocycles. The Morgan fingerprint density at radius 2 is 2.40 bits per heavy atom. The first-order valence-corrected chi connectivity index (χ1v) is 6.30. The van der Waals surface area contributed by atoms with E-state index < -0.39 is 0 Å². The summed E-state index contributed by atoms with van der Waals surface area (Å²) >= 11 is 1.70. The molecular weight excluding hydrogens is 208 g/mol. The summed E-state index contributed by atoms with van der Waals surface area (Å²) in [5.41, 5.74) is 1.30. The van der Waals surface area contributed by atoms with Gasteiger partial charge in [-0.15, -0.1) is 0 Å². The highest BCUT2D eigenvalue weighted by Crippen LogP contribution is 2.17. The largest absolute Gasteiger partial charge is 0.355 e. The Kier molecular flexibility index (Phi) is 3.75. The number of amides is 1. The van der Waals surface area contributed by atoms with Crippen molar-refractivity contribution >= 4 is 17.2 Å². The lowest BCUT2D eigenvalue weighted by Gasteiger charge is -2.04. The zero-order chi connectivity index (χ0) is 10.5. The smallest absolute Gasteiger partial charge is 0.233 e. The quantitative estimate of drug-likeness (QED) is 0.761. The molecule has 1 aliphatic rings. The van der Waals surface area contributed by atoms with Crippen molar-refractivity contribution in [3.63, 3.8) is 0 Å². The minimum absolute atomic E-state index is 0.108. The molecule has 0 aliphatic heterocycles. The Hall–Kier alpha value is -0.870. The Balaban J connectivity index is 1.54. The van der Waals surface area contributed by atoms with E-state index in [1.165, 1.54) is 18.4 Å². The van der Waals surface area contributed by atoms with Crippen molar-refractivity contribution < 1.29 is 4.79 Å². The van der Waals surface area contributed by atoms with Gasteiger partial charge in [-0.2, -0.15) is 11.3 Å². The standard InChI is InChI=1S/C11H16N2OS/c14-11(7-13-10-1-2-10)12-5-3-9-4-6-15-8-9/h4,6,8,10,13H,1-3,5,7H2,(H,12,14). The van der Waals surface area contributed by atoms with Crippen LogP contribution in [-0.4, -0.2) is 25.0 Å². The molecule has 2 rings (SSSR count). The van der Waals surface area contributed by atoms with Crippen LogP contribution in [0.1, 0.15) is 18.4 Å². The first-order valence-electron chi connectivity index (χ1n) is 5.36. The van der Waals surface area contributed by atoms with E-state index in [-0.39, 0.29) is 5.91 Å². The molecule has 1 amide bonds. The molecule has 82 valence electrons. The van der Waals surface area contributed by atoms with Gasteiger partial charge in [0.1, 0.15) is 0 Å². The summed E-state index contributed by atoms with van der Waals surface area (Å²) in [6, 6.07) is 2.70. The van der Waals surface area contributed by atoms with Crippen molar-refractivity contribution in [3.8, 4) is 0 Å². The topological polar surface area (TPSA) is 41.1 Å². The molecule has 0 radical (unpaired) electrons. The van der Waals surface area contributed by atoms with Crippen molar-refractivity contribution in [2.75, 3.05) is 13.1 Å².